The number of hydrogen-bond acceptors (Lipinski definition) is 0. The van der Waals surface area contributed by atoms with Gasteiger partial charge in [0.2, 0.25) is 0 Å². The van der Waals surface area contributed by atoms with E-state index in [1.165, 1.54) is 0 Å². The van der Waals surface area contributed by atoms with E-state index in [0.29, 0.717) is 26.2 Å². The van der Waals surface area contributed by atoms with Gasteiger partial charge in [-0.25, -0.2) is 0 Å². The normalized spacial score (nSPS) is 10.8. The Morgan fingerprint density at radius 1 is 0.556 bits per heavy atom. The molecule has 0 aliphatic rings. The molecule has 94 valence electrons. The predicted octanol–water partition coefficient (Wildman–Crippen LogP) is 7.27. The van der Waals surface area contributed by atoms with Crippen molar-refractivity contribution >= 4 is 69.6 Å². The average Bonchev–Trinajstić information content (AvgIpc) is 2.34. The molecule has 0 aromatic heterocycles. The Morgan fingerprint density at radius 2 is 1.22 bits per heavy atom. The van der Waals surface area contributed by atoms with Crippen LogP contribution in [0.1, 0.15) is 0 Å². The zero-order valence-corrected chi connectivity index (χ0v) is 13.1. The van der Waals surface area contributed by atoms with Crippen molar-refractivity contribution in [1.82, 2.24) is 0 Å². The zero-order chi connectivity index (χ0) is 13.4. The summed E-state index contributed by atoms with van der Waals surface area (Å²) < 4.78 is 0. The quantitative estimate of drug-likeness (QED) is 0.370. The first-order valence-electron chi connectivity index (χ1n) is 4.70. The molecule has 0 amide bonds. The molecule has 0 fully saturated rings. The predicted molar refractivity (Wildman–Crippen MR) is 81.9 cm³/mol. The number of rotatable bonds is 1. The summed E-state index contributed by atoms with van der Waals surface area (Å²) in [6.07, 6.45) is 0. The summed E-state index contributed by atoms with van der Waals surface area (Å²) >= 11 is 36.1. The molecular weight excluding hydrogens is 357 g/mol. The molecule has 2 aromatic rings. The van der Waals surface area contributed by atoms with Crippen molar-refractivity contribution in [2.24, 2.45) is 0 Å². The minimum Gasteiger partial charge on any atom is -0.0843 e. The van der Waals surface area contributed by atoms with Gasteiger partial charge in [0.15, 0.2) is 0 Å². The molecule has 0 N–H and O–H groups in total. The van der Waals surface area contributed by atoms with E-state index in [9.17, 15) is 0 Å². The maximum absolute atomic E-state index is 6.15. The molecule has 2 rings (SSSR count). The molecule has 6 heteroatoms. The highest BCUT2D eigenvalue weighted by Crippen LogP contribution is 2.44. The van der Waals surface area contributed by atoms with Gasteiger partial charge >= 0.3 is 0 Å². The van der Waals surface area contributed by atoms with Gasteiger partial charge in [-0.1, -0.05) is 69.6 Å². The van der Waals surface area contributed by atoms with E-state index in [-0.39, 0.29) is 15.1 Å². The van der Waals surface area contributed by atoms with Gasteiger partial charge in [0.05, 0.1) is 20.1 Å². The van der Waals surface area contributed by atoms with Gasteiger partial charge in [-0.05, 0) is 24.3 Å². The molecule has 0 radical (unpaired) electrons. The van der Waals surface area contributed by atoms with Crippen LogP contribution >= 0.6 is 69.6 Å². The molecular formula is C12H4Cl6. The monoisotopic (exact) mass is 358 g/mol. The van der Waals surface area contributed by atoms with Crippen molar-refractivity contribution in [2.45, 2.75) is 0 Å². The number of benzene rings is 2. The van der Waals surface area contributed by atoms with E-state index in [1.54, 1.807) is 24.3 Å². The molecule has 0 unspecified atom stereocenters. The van der Waals surface area contributed by atoms with Crippen molar-refractivity contribution in [3.05, 3.63) is 54.4 Å². The first kappa shape index (κ1) is 14.6. The Bertz CT molecular complexity index is 620. The van der Waals surface area contributed by atoms with E-state index in [4.69, 9.17) is 69.6 Å². The average molecular weight is 361 g/mol. The summed E-state index contributed by atoms with van der Waals surface area (Å²) in [6, 6.07) is 6.65. The molecule has 0 heterocycles. The third-order valence-corrected chi connectivity index (χ3v) is 4.64. The van der Waals surface area contributed by atoms with E-state index in [0.717, 1.165) is 0 Å². The van der Waals surface area contributed by atoms with Crippen LogP contribution < -0.4 is 0 Å². The fourth-order valence-corrected chi connectivity index (χ4v) is 2.77. The van der Waals surface area contributed by atoms with Crippen molar-refractivity contribution in [3.8, 4) is 11.1 Å². The zero-order valence-electron chi connectivity index (χ0n) is 8.58. The summed E-state index contributed by atoms with van der Waals surface area (Å²) in [7, 11) is 0. The van der Waals surface area contributed by atoms with Crippen LogP contribution in [0, 0.1) is 0 Å². The molecule has 0 atom stereocenters. The summed E-state index contributed by atoms with van der Waals surface area (Å²) in [5, 5.41) is 2.03. The minimum absolute atomic E-state index is 0.192. The maximum Gasteiger partial charge on any atom is 0.0800 e. The SMILES string of the molecule is Clc1ccc(Cl)c(-c2cc(Cl)c(Cl)c(Cl)c2Cl)c1. The largest absolute Gasteiger partial charge is 0.0843 e. The Morgan fingerprint density at radius 3 is 1.89 bits per heavy atom. The minimum atomic E-state index is 0.192. The summed E-state index contributed by atoms with van der Waals surface area (Å²) in [5.41, 5.74) is 1.23. The van der Waals surface area contributed by atoms with Crippen LogP contribution in [0.5, 0.6) is 0 Å². The van der Waals surface area contributed by atoms with Crippen LogP contribution in [0.2, 0.25) is 30.1 Å². The lowest BCUT2D eigenvalue weighted by molar-refractivity contribution is 1.61. The molecule has 0 nitrogen and oxygen atoms in total. The van der Waals surface area contributed by atoms with Crippen LogP contribution in [0.25, 0.3) is 11.1 Å². The van der Waals surface area contributed by atoms with E-state index in [2.05, 4.69) is 0 Å². The first-order valence-corrected chi connectivity index (χ1v) is 6.97. The smallest absolute Gasteiger partial charge is 0.0800 e. The van der Waals surface area contributed by atoms with Crippen LogP contribution in [-0.4, -0.2) is 0 Å². The molecule has 0 bridgehead atoms. The van der Waals surface area contributed by atoms with E-state index < -0.39 is 0 Å². The molecule has 2 aromatic carbocycles. The second kappa shape index (κ2) is 5.66. The Hall–Kier alpha value is 0.180. The van der Waals surface area contributed by atoms with Gasteiger partial charge in [-0.15, -0.1) is 0 Å². The van der Waals surface area contributed by atoms with E-state index >= 15 is 0 Å². The molecule has 0 aliphatic heterocycles. The van der Waals surface area contributed by atoms with Gasteiger partial charge < -0.3 is 0 Å². The second-order valence-electron chi connectivity index (χ2n) is 3.47. The highest BCUT2D eigenvalue weighted by molar-refractivity contribution is 6.53. The summed E-state index contributed by atoms with van der Waals surface area (Å²) in [5.74, 6) is 0. The third kappa shape index (κ3) is 2.70. The lowest BCUT2D eigenvalue weighted by Gasteiger charge is -2.11. The van der Waals surface area contributed by atoms with Crippen molar-refractivity contribution in [3.63, 3.8) is 0 Å². The highest BCUT2D eigenvalue weighted by Gasteiger charge is 2.16. The molecule has 0 saturated heterocycles. The lowest BCUT2D eigenvalue weighted by atomic mass is 10.1. The maximum atomic E-state index is 6.15. The van der Waals surface area contributed by atoms with Gasteiger partial charge in [-0.3, -0.25) is 0 Å². The van der Waals surface area contributed by atoms with E-state index in [1.807, 2.05) is 0 Å². The first-order chi connectivity index (χ1) is 8.41. The van der Waals surface area contributed by atoms with Gasteiger partial charge in [-0.2, -0.15) is 0 Å². The summed E-state index contributed by atoms with van der Waals surface area (Å²) in [4.78, 5) is 0. The topological polar surface area (TPSA) is 0 Å². The van der Waals surface area contributed by atoms with Gasteiger partial charge in [0.1, 0.15) is 0 Å². The number of halogens is 6. The Labute approximate surface area is 134 Å². The summed E-state index contributed by atoms with van der Waals surface area (Å²) in [6.45, 7) is 0. The van der Waals surface area contributed by atoms with Crippen molar-refractivity contribution < 1.29 is 0 Å². The highest BCUT2D eigenvalue weighted by atomic mass is 35.5. The van der Waals surface area contributed by atoms with Crippen LogP contribution in [0.15, 0.2) is 24.3 Å². The standard InChI is InChI=1S/C12H4Cl6/c13-5-1-2-8(14)6(3-5)7-4-9(15)11(17)12(18)10(7)16/h1-4H. The lowest BCUT2D eigenvalue weighted by Crippen LogP contribution is -1.85. The van der Waals surface area contributed by atoms with Crippen LogP contribution in [0.3, 0.4) is 0 Å². The van der Waals surface area contributed by atoms with Crippen molar-refractivity contribution in [2.75, 3.05) is 0 Å². The Balaban J connectivity index is 2.75. The number of hydrogen-bond donors (Lipinski definition) is 0. The van der Waals surface area contributed by atoms with Crippen molar-refractivity contribution in [1.29, 1.82) is 0 Å². The van der Waals surface area contributed by atoms with Crippen LogP contribution in [0.4, 0.5) is 0 Å². The molecule has 0 spiro atoms. The second-order valence-corrected chi connectivity index (χ2v) is 5.86. The fraction of sp³-hybridized carbons (Fsp3) is 0. The van der Waals surface area contributed by atoms with Gasteiger partial charge in [0.25, 0.3) is 0 Å². The molecule has 18 heavy (non-hydrogen) atoms. The molecule has 0 saturated carbocycles. The Kier molecular flexibility index (Phi) is 4.59. The molecule has 0 aliphatic carbocycles. The van der Waals surface area contributed by atoms with Gasteiger partial charge in [0, 0.05) is 21.2 Å². The fourth-order valence-electron chi connectivity index (χ4n) is 1.47. The van der Waals surface area contributed by atoms with Crippen LogP contribution in [-0.2, 0) is 0 Å². The third-order valence-electron chi connectivity index (χ3n) is 2.32.